The topological polar surface area (TPSA) is 33.0 Å². The lowest BCUT2D eigenvalue weighted by molar-refractivity contribution is 0.00928. The van der Waals surface area contributed by atoms with Crippen molar-refractivity contribution in [3.05, 3.63) is 0 Å². The molecule has 2 nitrogen and oxygen atoms in total. The van der Waals surface area contributed by atoms with Crippen molar-refractivity contribution < 1.29 is 4.74 Å². The molecule has 0 aromatic rings. The molecule has 0 aromatic heterocycles. The van der Waals surface area contributed by atoms with Gasteiger partial charge in [0, 0.05) is 12.4 Å². The van der Waals surface area contributed by atoms with Gasteiger partial charge in [0.25, 0.3) is 0 Å². The van der Waals surface area contributed by atoms with Crippen molar-refractivity contribution in [3.8, 4) is 6.07 Å². The average Bonchev–Trinajstić information content (AvgIpc) is 2.00. The highest BCUT2D eigenvalue weighted by atomic mass is 79.9. The van der Waals surface area contributed by atoms with Crippen molar-refractivity contribution in [2.75, 3.05) is 12.4 Å². The first-order valence-electron chi connectivity index (χ1n) is 3.56. The van der Waals surface area contributed by atoms with Gasteiger partial charge in [-0.3, -0.25) is 0 Å². The molecule has 0 heterocycles. The van der Waals surface area contributed by atoms with Gasteiger partial charge in [-0.15, -0.1) is 0 Å². The van der Waals surface area contributed by atoms with E-state index in [-0.39, 0.29) is 11.5 Å². The van der Waals surface area contributed by atoms with E-state index in [1.807, 2.05) is 13.8 Å². The molecule has 0 amide bonds. The van der Waals surface area contributed by atoms with Gasteiger partial charge in [-0.05, 0) is 20.3 Å². The number of nitrogens with zero attached hydrogens (tertiary/aromatic N) is 1. The molecule has 64 valence electrons. The molecule has 0 aliphatic heterocycles. The van der Waals surface area contributed by atoms with Crippen molar-refractivity contribution in [2.45, 2.75) is 25.9 Å². The smallest absolute Gasteiger partial charge is 0.0665 e. The van der Waals surface area contributed by atoms with Crippen LogP contribution in [0, 0.1) is 17.2 Å². The van der Waals surface area contributed by atoms with Gasteiger partial charge in [-0.1, -0.05) is 15.9 Å². The van der Waals surface area contributed by atoms with Crippen LogP contribution in [-0.2, 0) is 4.74 Å². The molecule has 0 saturated carbocycles. The second-order valence-corrected chi connectivity index (χ2v) is 3.80. The van der Waals surface area contributed by atoms with E-state index in [2.05, 4.69) is 22.0 Å². The number of hydrogen-bond acceptors (Lipinski definition) is 2. The van der Waals surface area contributed by atoms with Crippen LogP contribution in [-0.4, -0.2) is 18.0 Å². The van der Waals surface area contributed by atoms with Crippen molar-refractivity contribution >= 4 is 15.9 Å². The van der Waals surface area contributed by atoms with E-state index in [1.165, 1.54) is 0 Å². The Bertz CT molecular complexity index is 151. The summed E-state index contributed by atoms with van der Waals surface area (Å²) in [6, 6.07) is 2.22. The van der Waals surface area contributed by atoms with Gasteiger partial charge in [-0.2, -0.15) is 5.26 Å². The summed E-state index contributed by atoms with van der Waals surface area (Å²) in [6.07, 6.45) is 0.769. The standard InChI is InChI=1S/C8H14BrNO/c1-8(2,11-3)4-7(5-9)6-10/h7H,4-5H2,1-3H3. The lowest BCUT2D eigenvalue weighted by Crippen LogP contribution is -2.26. The number of alkyl halides is 1. The third kappa shape index (κ3) is 4.39. The fourth-order valence-corrected chi connectivity index (χ4v) is 1.19. The summed E-state index contributed by atoms with van der Waals surface area (Å²) in [4.78, 5) is 0. The predicted octanol–water partition coefficient (Wildman–Crippen LogP) is 2.34. The zero-order chi connectivity index (χ0) is 8.91. The summed E-state index contributed by atoms with van der Waals surface area (Å²) < 4.78 is 5.20. The zero-order valence-electron chi connectivity index (χ0n) is 7.22. The van der Waals surface area contributed by atoms with Gasteiger partial charge in [0.1, 0.15) is 0 Å². The van der Waals surface area contributed by atoms with Gasteiger partial charge in [-0.25, -0.2) is 0 Å². The highest BCUT2D eigenvalue weighted by Gasteiger charge is 2.21. The summed E-state index contributed by atoms with van der Waals surface area (Å²) in [6.45, 7) is 3.97. The molecular formula is C8H14BrNO. The molecule has 1 atom stereocenters. The van der Waals surface area contributed by atoms with Gasteiger partial charge in [0.15, 0.2) is 0 Å². The molecule has 0 N–H and O–H groups in total. The molecule has 0 fully saturated rings. The van der Waals surface area contributed by atoms with Crippen LogP contribution in [0.1, 0.15) is 20.3 Å². The van der Waals surface area contributed by atoms with E-state index >= 15 is 0 Å². The highest BCUT2D eigenvalue weighted by Crippen LogP contribution is 2.20. The van der Waals surface area contributed by atoms with Gasteiger partial charge >= 0.3 is 0 Å². The predicted molar refractivity (Wildman–Crippen MR) is 48.6 cm³/mol. The van der Waals surface area contributed by atoms with Gasteiger partial charge in [0.2, 0.25) is 0 Å². The zero-order valence-corrected chi connectivity index (χ0v) is 8.81. The summed E-state index contributed by atoms with van der Waals surface area (Å²) in [7, 11) is 1.67. The fraction of sp³-hybridized carbons (Fsp3) is 0.875. The third-order valence-electron chi connectivity index (χ3n) is 1.66. The van der Waals surface area contributed by atoms with Gasteiger partial charge < -0.3 is 4.74 Å². The molecule has 0 saturated heterocycles. The van der Waals surface area contributed by atoms with Crippen LogP contribution in [0.15, 0.2) is 0 Å². The van der Waals surface area contributed by atoms with Gasteiger partial charge in [0.05, 0.1) is 17.6 Å². The minimum absolute atomic E-state index is 0.0462. The Morgan fingerprint density at radius 3 is 2.45 bits per heavy atom. The maximum atomic E-state index is 8.65. The maximum absolute atomic E-state index is 8.65. The van der Waals surface area contributed by atoms with Crippen molar-refractivity contribution in [1.29, 1.82) is 5.26 Å². The minimum Gasteiger partial charge on any atom is -0.379 e. The molecule has 0 rings (SSSR count). The Balaban J connectivity index is 3.92. The largest absolute Gasteiger partial charge is 0.379 e. The Labute approximate surface area is 76.7 Å². The second kappa shape index (κ2) is 4.74. The molecule has 0 aliphatic carbocycles. The summed E-state index contributed by atoms with van der Waals surface area (Å²) >= 11 is 3.28. The minimum atomic E-state index is -0.186. The first kappa shape index (κ1) is 10.9. The highest BCUT2D eigenvalue weighted by molar-refractivity contribution is 9.09. The van der Waals surface area contributed by atoms with Crippen molar-refractivity contribution in [3.63, 3.8) is 0 Å². The van der Waals surface area contributed by atoms with E-state index in [4.69, 9.17) is 10.00 Å². The number of hydrogen-bond donors (Lipinski definition) is 0. The molecule has 0 aliphatic rings. The number of halogens is 1. The lowest BCUT2D eigenvalue weighted by Gasteiger charge is -2.24. The Morgan fingerprint density at radius 2 is 2.18 bits per heavy atom. The summed E-state index contributed by atoms with van der Waals surface area (Å²) in [5.41, 5.74) is -0.186. The van der Waals surface area contributed by atoms with E-state index in [9.17, 15) is 0 Å². The van der Waals surface area contributed by atoms with E-state index in [0.29, 0.717) is 0 Å². The van der Waals surface area contributed by atoms with Crippen LogP contribution in [0.3, 0.4) is 0 Å². The average molecular weight is 220 g/mol. The summed E-state index contributed by atoms with van der Waals surface area (Å²) in [5.74, 6) is 0.0462. The number of ether oxygens (including phenoxy) is 1. The van der Waals surface area contributed by atoms with Crippen LogP contribution in [0.2, 0.25) is 0 Å². The molecule has 1 unspecified atom stereocenters. The third-order valence-corrected chi connectivity index (χ3v) is 2.44. The SMILES string of the molecule is COC(C)(C)CC(C#N)CBr. The number of nitriles is 1. The first-order valence-corrected chi connectivity index (χ1v) is 4.68. The Kier molecular flexibility index (Phi) is 4.71. The van der Waals surface area contributed by atoms with Crippen LogP contribution in [0.5, 0.6) is 0 Å². The Hall–Kier alpha value is -0.0700. The molecule has 0 aromatic carbocycles. The molecule has 0 radical (unpaired) electrons. The summed E-state index contributed by atoms with van der Waals surface area (Å²) in [5, 5.41) is 9.37. The second-order valence-electron chi connectivity index (χ2n) is 3.15. The van der Waals surface area contributed by atoms with Crippen LogP contribution in [0.25, 0.3) is 0 Å². The quantitative estimate of drug-likeness (QED) is 0.681. The van der Waals surface area contributed by atoms with Crippen molar-refractivity contribution in [1.82, 2.24) is 0 Å². The molecular weight excluding hydrogens is 206 g/mol. The lowest BCUT2D eigenvalue weighted by atomic mass is 9.96. The molecule has 3 heteroatoms. The number of rotatable bonds is 4. The van der Waals surface area contributed by atoms with Crippen LogP contribution in [0.4, 0.5) is 0 Å². The Morgan fingerprint density at radius 1 is 1.64 bits per heavy atom. The monoisotopic (exact) mass is 219 g/mol. The van der Waals surface area contributed by atoms with E-state index < -0.39 is 0 Å². The first-order chi connectivity index (χ1) is 5.05. The molecule has 0 bridgehead atoms. The normalized spacial score (nSPS) is 14.1. The van der Waals surface area contributed by atoms with E-state index in [0.717, 1.165) is 11.8 Å². The van der Waals surface area contributed by atoms with Crippen LogP contribution < -0.4 is 0 Å². The molecule has 0 spiro atoms. The number of methoxy groups -OCH3 is 1. The van der Waals surface area contributed by atoms with Crippen molar-refractivity contribution in [2.24, 2.45) is 5.92 Å². The maximum Gasteiger partial charge on any atom is 0.0665 e. The fourth-order valence-electron chi connectivity index (χ4n) is 0.811. The van der Waals surface area contributed by atoms with E-state index in [1.54, 1.807) is 7.11 Å². The van der Waals surface area contributed by atoms with Crippen LogP contribution >= 0.6 is 15.9 Å². The molecule has 11 heavy (non-hydrogen) atoms.